The number of piperazine rings is 1. The van der Waals surface area contributed by atoms with Crippen LogP contribution in [0.3, 0.4) is 0 Å². The van der Waals surface area contributed by atoms with Crippen molar-refractivity contribution < 1.29 is 24.5 Å². The van der Waals surface area contributed by atoms with Crippen LogP contribution in [0.2, 0.25) is 0 Å². The quantitative estimate of drug-likeness (QED) is 0.168. The number of unbranched alkanes of at least 4 members (excludes halogenated alkanes) is 3. The number of ether oxygens (including phenoxy) is 1. The number of anilines is 1. The van der Waals surface area contributed by atoms with Gasteiger partial charge in [0.05, 0.1) is 12.2 Å². The molecule has 1 fully saturated rings. The lowest BCUT2D eigenvalue weighted by Crippen LogP contribution is -2.47. The number of aliphatic carboxylic acids is 1. The first kappa shape index (κ1) is 32.7. The Labute approximate surface area is 260 Å². The second kappa shape index (κ2) is 17.8. The highest BCUT2D eigenvalue weighted by molar-refractivity contribution is 5.87. The van der Waals surface area contributed by atoms with Crippen molar-refractivity contribution in [3.8, 4) is 5.75 Å². The van der Waals surface area contributed by atoms with E-state index in [0.29, 0.717) is 13.0 Å². The smallest absolute Gasteiger partial charge is 0.335 e. The van der Waals surface area contributed by atoms with E-state index in [0.717, 1.165) is 94.1 Å². The largest absolute Gasteiger partial charge is 0.493 e. The Hall–Kier alpha value is -4.24. The number of aromatic carboxylic acids is 1. The summed E-state index contributed by atoms with van der Waals surface area (Å²) in [6.07, 6.45) is 14.3. The SMILES string of the molecule is O=C(O)CCCCC(C=Cc1ccccc1OCCCCCN1CCN(c2ncccn2)CC1)Cc1ccc(C(=O)O)cc1. The van der Waals surface area contributed by atoms with Crippen molar-refractivity contribution in [1.29, 1.82) is 0 Å². The Kier molecular flexibility index (Phi) is 13.2. The van der Waals surface area contributed by atoms with Gasteiger partial charge in [-0.25, -0.2) is 14.8 Å². The van der Waals surface area contributed by atoms with Gasteiger partial charge in [0.2, 0.25) is 5.95 Å². The molecule has 1 aliphatic heterocycles. The van der Waals surface area contributed by atoms with Crippen LogP contribution in [0, 0.1) is 5.92 Å². The van der Waals surface area contributed by atoms with E-state index in [1.165, 1.54) is 0 Å². The molecule has 1 aliphatic rings. The maximum Gasteiger partial charge on any atom is 0.335 e. The summed E-state index contributed by atoms with van der Waals surface area (Å²) in [6.45, 7) is 5.73. The summed E-state index contributed by atoms with van der Waals surface area (Å²) in [4.78, 5) is 35.7. The van der Waals surface area contributed by atoms with Crippen molar-refractivity contribution in [2.45, 2.75) is 51.4 Å². The van der Waals surface area contributed by atoms with Crippen LogP contribution in [0.4, 0.5) is 5.95 Å². The van der Waals surface area contributed by atoms with Crippen molar-refractivity contribution in [2.75, 3.05) is 44.2 Å². The summed E-state index contributed by atoms with van der Waals surface area (Å²) in [5.74, 6) is 0.155. The lowest BCUT2D eigenvalue weighted by Gasteiger charge is -2.34. The number of carbonyl (C=O) groups is 2. The summed E-state index contributed by atoms with van der Waals surface area (Å²) in [6, 6.07) is 16.9. The molecule has 2 aromatic carbocycles. The average molecular weight is 601 g/mol. The third kappa shape index (κ3) is 11.1. The van der Waals surface area contributed by atoms with Gasteiger partial charge < -0.3 is 19.8 Å². The molecule has 1 unspecified atom stereocenters. The normalized spacial score (nSPS) is 14.5. The molecule has 0 amide bonds. The molecule has 0 radical (unpaired) electrons. The molecule has 2 N–H and O–H groups in total. The predicted molar refractivity (Wildman–Crippen MR) is 172 cm³/mol. The minimum absolute atomic E-state index is 0.167. The number of carboxylic acids is 2. The Morgan fingerprint density at radius 3 is 2.34 bits per heavy atom. The van der Waals surface area contributed by atoms with Gasteiger partial charge in [0.1, 0.15) is 5.75 Å². The van der Waals surface area contributed by atoms with Gasteiger partial charge in [-0.1, -0.05) is 48.9 Å². The van der Waals surface area contributed by atoms with Crippen LogP contribution in [-0.4, -0.2) is 76.4 Å². The minimum atomic E-state index is -0.938. The van der Waals surface area contributed by atoms with Gasteiger partial charge in [0, 0.05) is 50.6 Å². The van der Waals surface area contributed by atoms with Crippen LogP contribution in [0.5, 0.6) is 5.75 Å². The molecule has 9 heteroatoms. The van der Waals surface area contributed by atoms with Crippen molar-refractivity contribution in [3.05, 3.63) is 89.8 Å². The highest BCUT2D eigenvalue weighted by Crippen LogP contribution is 2.24. The Balaban J connectivity index is 1.22. The molecule has 0 bridgehead atoms. The number of carboxylic acid groups (broad SMARTS) is 2. The van der Waals surface area contributed by atoms with E-state index in [-0.39, 0.29) is 17.9 Å². The van der Waals surface area contributed by atoms with Crippen LogP contribution in [0.1, 0.15) is 66.4 Å². The fourth-order valence-corrected chi connectivity index (χ4v) is 5.45. The number of rotatable bonds is 18. The fraction of sp³-hybridized carbons (Fsp3) is 0.429. The standard InChI is InChI=1S/C35H44N4O5/c40-33(41)12-5-2-9-28(27-29-14-17-31(18-15-29)34(42)43)13-16-30-10-3-4-11-32(30)44-26-7-1-6-21-38-22-24-39(25-23-38)35-36-19-8-20-37-35/h3-4,8,10-11,13-20,28H,1-2,5-7,9,12,21-27H2,(H,40,41)(H,42,43). The van der Waals surface area contributed by atoms with E-state index in [1.807, 2.05) is 36.4 Å². The molecule has 1 aromatic heterocycles. The van der Waals surface area contributed by atoms with Gasteiger partial charge in [-0.3, -0.25) is 9.69 Å². The third-order valence-electron chi connectivity index (χ3n) is 7.96. The van der Waals surface area contributed by atoms with Gasteiger partial charge in [-0.15, -0.1) is 0 Å². The molecule has 44 heavy (non-hydrogen) atoms. The molecule has 0 spiro atoms. The number of hydrogen-bond donors (Lipinski definition) is 2. The van der Waals surface area contributed by atoms with Crippen molar-refractivity contribution in [3.63, 3.8) is 0 Å². The zero-order chi connectivity index (χ0) is 31.0. The number of para-hydroxylation sites is 1. The topological polar surface area (TPSA) is 116 Å². The molecule has 234 valence electrons. The Morgan fingerprint density at radius 1 is 0.864 bits per heavy atom. The van der Waals surface area contributed by atoms with Crippen molar-refractivity contribution >= 4 is 24.0 Å². The number of hydrogen-bond acceptors (Lipinski definition) is 7. The Bertz CT molecular complexity index is 1320. The molecule has 1 saturated heterocycles. The van der Waals surface area contributed by atoms with E-state index in [2.05, 4.69) is 38.0 Å². The summed E-state index contributed by atoms with van der Waals surface area (Å²) in [5, 5.41) is 18.2. The highest BCUT2D eigenvalue weighted by Gasteiger charge is 2.18. The molecule has 4 rings (SSSR count). The number of benzene rings is 2. The second-order valence-electron chi connectivity index (χ2n) is 11.3. The first-order valence-corrected chi connectivity index (χ1v) is 15.7. The number of allylic oxidation sites excluding steroid dienone is 1. The van der Waals surface area contributed by atoms with E-state index >= 15 is 0 Å². The lowest BCUT2D eigenvalue weighted by atomic mass is 9.92. The molecule has 2 heterocycles. The fourth-order valence-electron chi connectivity index (χ4n) is 5.45. The molecule has 1 atom stereocenters. The van der Waals surface area contributed by atoms with E-state index in [1.54, 1.807) is 24.5 Å². The van der Waals surface area contributed by atoms with E-state index in [4.69, 9.17) is 9.84 Å². The summed E-state index contributed by atoms with van der Waals surface area (Å²) in [5.41, 5.74) is 2.34. The second-order valence-corrected chi connectivity index (χ2v) is 11.3. The third-order valence-corrected chi connectivity index (χ3v) is 7.96. The Morgan fingerprint density at radius 2 is 1.61 bits per heavy atom. The zero-order valence-corrected chi connectivity index (χ0v) is 25.4. The van der Waals surface area contributed by atoms with Crippen LogP contribution >= 0.6 is 0 Å². The summed E-state index contributed by atoms with van der Waals surface area (Å²) in [7, 11) is 0. The number of aromatic nitrogens is 2. The summed E-state index contributed by atoms with van der Waals surface area (Å²) < 4.78 is 6.20. The predicted octanol–water partition coefficient (Wildman–Crippen LogP) is 6.06. The van der Waals surface area contributed by atoms with Gasteiger partial charge in [0.25, 0.3) is 0 Å². The first-order valence-electron chi connectivity index (χ1n) is 15.7. The molecule has 3 aromatic rings. The maximum absolute atomic E-state index is 11.2. The van der Waals surface area contributed by atoms with Crippen molar-refractivity contribution in [1.82, 2.24) is 14.9 Å². The zero-order valence-electron chi connectivity index (χ0n) is 25.4. The molecular formula is C35H44N4O5. The highest BCUT2D eigenvalue weighted by atomic mass is 16.5. The van der Waals surface area contributed by atoms with Crippen LogP contribution < -0.4 is 9.64 Å². The van der Waals surface area contributed by atoms with Crippen molar-refractivity contribution in [2.24, 2.45) is 5.92 Å². The van der Waals surface area contributed by atoms with E-state index in [9.17, 15) is 14.7 Å². The van der Waals surface area contributed by atoms with Crippen LogP contribution in [0.25, 0.3) is 6.08 Å². The van der Waals surface area contributed by atoms with Gasteiger partial charge in [-0.05, 0) is 80.8 Å². The number of nitrogens with zero attached hydrogens (tertiary/aromatic N) is 4. The van der Waals surface area contributed by atoms with Crippen LogP contribution in [0.15, 0.2) is 73.1 Å². The van der Waals surface area contributed by atoms with Crippen LogP contribution in [-0.2, 0) is 11.2 Å². The van der Waals surface area contributed by atoms with E-state index < -0.39 is 11.9 Å². The van der Waals surface area contributed by atoms with Gasteiger partial charge in [0.15, 0.2) is 0 Å². The molecule has 0 saturated carbocycles. The molecular weight excluding hydrogens is 556 g/mol. The molecule has 9 nitrogen and oxygen atoms in total. The summed E-state index contributed by atoms with van der Waals surface area (Å²) >= 11 is 0. The lowest BCUT2D eigenvalue weighted by molar-refractivity contribution is -0.137. The monoisotopic (exact) mass is 600 g/mol. The average Bonchev–Trinajstić information content (AvgIpc) is 3.04. The van der Waals surface area contributed by atoms with Gasteiger partial charge in [-0.2, -0.15) is 0 Å². The first-order chi connectivity index (χ1) is 21.5. The molecule has 0 aliphatic carbocycles. The minimum Gasteiger partial charge on any atom is -0.493 e. The van der Waals surface area contributed by atoms with Gasteiger partial charge >= 0.3 is 11.9 Å². The maximum atomic E-state index is 11.2.